The molecule has 1 unspecified atom stereocenters. The summed E-state index contributed by atoms with van der Waals surface area (Å²) in [5, 5.41) is 17.0. The van der Waals surface area contributed by atoms with Crippen LogP contribution in [0.1, 0.15) is 32.0 Å². The number of nitrogens with one attached hydrogen (secondary N) is 1. The highest BCUT2D eigenvalue weighted by Gasteiger charge is 2.29. The van der Waals surface area contributed by atoms with E-state index < -0.39 is 5.41 Å². The topological polar surface area (TPSA) is 90.7 Å². The first-order valence-corrected chi connectivity index (χ1v) is 9.77. The van der Waals surface area contributed by atoms with Crippen LogP contribution in [0.25, 0.3) is 21.6 Å². The van der Waals surface area contributed by atoms with Crippen LogP contribution >= 0.6 is 11.5 Å². The smallest absolute Gasteiger partial charge is 0.130 e. The molecule has 3 aromatic heterocycles. The number of ether oxygens (including phenoxy) is 1. The summed E-state index contributed by atoms with van der Waals surface area (Å²) >= 11 is 1.39. The molecule has 0 bridgehead atoms. The normalized spacial score (nSPS) is 18.0. The third-order valence-electron chi connectivity index (χ3n) is 4.99. The Kier molecular flexibility index (Phi) is 4.36. The zero-order valence-electron chi connectivity index (χ0n) is 15.9. The number of hydrogen-bond acceptors (Lipinski definition) is 7. The van der Waals surface area contributed by atoms with Crippen molar-refractivity contribution in [2.24, 2.45) is 0 Å². The van der Waals surface area contributed by atoms with Crippen molar-refractivity contribution in [2.75, 3.05) is 24.7 Å². The minimum atomic E-state index is -0.640. The summed E-state index contributed by atoms with van der Waals surface area (Å²) in [6, 6.07) is 6.68. The Morgan fingerprint density at radius 1 is 1.41 bits per heavy atom. The van der Waals surface area contributed by atoms with Gasteiger partial charge in [0.05, 0.1) is 46.8 Å². The summed E-state index contributed by atoms with van der Waals surface area (Å²) < 4.78 is 11.2. The second kappa shape index (κ2) is 6.59. The molecule has 1 aliphatic heterocycles. The molecule has 4 heterocycles. The first kappa shape index (κ1) is 17.9. The molecule has 4 rings (SSSR count). The molecule has 0 amide bonds. The highest BCUT2D eigenvalue weighted by molar-refractivity contribution is 7.13. The number of H-pyrrole nitrogens is 1. The van der Waals surface area contributed by atoms with E-state index in [9.17, 15) is 5.26 Å². The maximum Gasteiger partial charge on any atom is 0.130 e. The van der Waals surface area contributed by atoms with Crippen LogP contribution in [0.5, 0.6) is 0 Å². The summed E-state index contributed by atoms with van der Waals surface area (Å²) in [6.45, 7) is 10.1. The van der Waals surface area contributed by atoms with Crippen LogP contribution in [-0.4, -0.2) is 45.4 Å². The Labute approximate surface area is 162 Å². The Hall–Kier alpha value is -2.50. The quantitative estimate of drug-likeness (QED) is 0.746. The lowest BCUT2D eigenvalue weighted by atomic mass is 9.86. The molecule has 1 saturated heterocycles. The average Bonchev–Trinajstić information content (AvgIpc) is 3.27. The third kappa shape index (κ3) is 3.07. The SMILES string of the molecule is Cc1cc(-c2nsc3c(C(C)(C)C#N)cc(N4CCOCC4C)nc23)[nH]n1. The number of morpholine rings is 1. The lowest BCUT2D eigenvalue weighted by Gasteiger charge is -2.35. The first-order chi connectivity index (χ1) is 12.9. The fraction of sp³-hybridized carbons (Fsp3) is 0.474. The number of nitrogens with zero attached hydrogens (tertiary/aromatic N) is 5. The predicted octanol–water partition coefficient (Wildman–Crippen LogP) is 3.42. The number of pyridine rings is 1. The predicted molar refractivity (Wildman–Crippen MR) is 106 cm³/mol. The van der Waals surface area contributed by atoms with E-state index in [2.05, 4.69) is 32.5 Å². The molecule has 7 nitrogen and oxygen atoms in total. The van der Waals surface area contributed by atoms with Gasteiger partial charge in [0.2, 0.25) is 0 Å². The molecule has 0 radical (unpaired) electrons. The highest BCUT2D eigenvalue weighted by atomic mass is 32.1. The van der Waals surface area contributed by atoms with E-state index in [1.54, 1.807) is 0 Å². The molecule has 0 aliphatic carbocycles. The number of anilines is 1. The van der Waals surface area contributed by atoms with Crippen molar-refractivity contribution in [3.05, 3.63) is 23.4 Å². The van der Waals surface area contributed by atoms with Crippen LogP contribution in [0.15, 0.2) is 12.1 Å². The van der Waals surface area contributed by atoms with E-state index in [0.29, 0.717) is 13.2 Å². The van der Waals surface area contributed by atoms with Gasteiger partial charge < -0.3 is 9.64 Å². The standard InChI is InChI=1S/C19H22N6OS/c1-11-7-14(23-22-11)16-17-18(27-24-16)13(19(3,4)10-20)8-15(21-17)25-5-6-26-9-12(25)2/h7-8,12H,5-6,9H2,1-4H3,(H,22,23). The molecular weight excluding hydrogens is 360 g/mol. The fourth-order valence-electron chi connectivity index (χ4n) is 3.37. The van der Waals surface area contributed by atoms with Gasteiger partial charge in [-0.3, -0.25) is 5.10 Å². The lowest BCUT2D eigenvalue weighted by molar-refractivity contribution is 0.0985. The van der Waals surface area contributed by atoms with Gasteiger partial charge >= 0.3 is 0 Å². The zero-order chi connectivity index (χ0) is 19.2. The van der Waals surface area contributed by atoms with Gasteiger partial charge in [-0.2, -0.15) is 14.7 Å². The maximum absolute atomic E-state index is 9.75. The van der Waals surface area contributed by atoms with Gasteiger partial charge in [0, 0.05) is 6.54 Å². The second-order valence-electron chi connectivity index (χ2n) is 7.51. The van der Waals surface area contributed by atoms with Gasteiger partial charge in [-0.15, -0.1) is 0 Å². The Bertz CT molecular complexity index is 1030. The van der Waals surface area contributed by atoms with Crippen molar-refractivity contribution < 1.29 is 4.74 Å². The van der Waals surface area contributed by atoms with Crippen LogP contribution in [-0.2, 0) is 10.2 Å². The summed E-state index contributed by atoms with van der Waals surface area (Å²) in [7, 11) is 0. The van der Waals surface area contributed by atoms with E-state index in [1.807, 2.05) is 32.9 Å². The van der Waals surface area contributed by atoms with Gasteiger partial charge in [-0.05, 0) is 56.9 Å². The molecule has 0 aromatic carbocycles. The van der Waals surface area contributed by atoms with Crippen LogP contribution in [0.3, 0.4) is 0 Å². The number of hydrogen-bond donors (Lipinski definition) is 1. The minimum Gasteiger partial charge on any atom is -0.377 e. The number of aryl methyl sites for hydroxylation is 1. The molecule has 8 heteroatoms. The molecule has 1 fully saturated rings. The third-order valence-corrected chi connectivity index (χ3v) is 5.86. The average molecular weight is 382 g/mol. The molecule has 0 saturated carbocycles. The number of fused-ring (bicyclic) bond motifs is 1. The molecule has 1 N–H and O–H groups in total. The molecule has 27 heavy (non-hydrogen) atoms. The van der Waals surface area contributed by atoms with Gasteiger partial charge in [-0.1, -0.05) is 0 Å². The van der Waals surface area contributed by atoms with Crippen LogP contribution in [0, 0.1) is 18.3 Å². The van der Waals surface area contributed by atoms with Crippen molar-refractivity contribution in [1.82, 2.24) is 19.6 Å². The second-order valence-corrected chi connectivity index (χ2v) is 8.29. The monoisotopic (exact) mass is 382 g/mol. The molecule has 1 aliphatic rings. The highest BCUT2D eigenvalue weighted by Crippen LogP contribution is 2.39. The summed E-state index contributed by atoms with van der Waals surface area (Å²) in [5.41, 5.74) is 3.68. The van der Waals surface area contributed by atoms with Crippen molar-refractivity contribution in [1.29, 1.82) is 5.26 Å². The van der Waals surface area contributed by atoms with Gasteiger partial charge in [0.1, 0.15) is 17.0 Å². The van der Waals surface area contributed by atoms with E-state index in [0.717, 1.165) is 45.2 Å². The van der Waals surface area contributed by atoms with Crippen LogP contribution in [0.2, 0.25) is 0 Å². The van der Waals surface area contributed by atoms with E-state index in [4.69, 9.17) is 9.72 Å². The zero-order valence-corrected chi connectivity index (χ0v) is 16.7. The van der Waals surface area contributed by atoms with Crippen molar-refractivity contribution in [2.45, 2.75) is 39.2 Å². The summed E-state index contributed by atoms with van der Waals surface area (Å²) in [6.07, 6.45) is 0. The molecule has 140 valence electrons. The molecule has 0 spiro atoms. The van der Waals surface area contributed by atoms with Crippen molar-refractivity contribution in [3.63, 3.8) is 0 Å². The Balaban J connectivity index is 1.95. The Morgan fingerprint density at radius 2 is 2.22 bits per heavy atom. The van der Waals surface area contributed by atoms with E-state index in [1.165, 1.54) is 11.5 Å². The largest absolute Gasteiger partial charge is 0.377 e. The van der Waals surface area contributed by atoms with Gasteiger partial charge in [0.15, 0.2) is 0 Å². The molecule has 1 atom stereocenters. The van der Waals surface area contributed by atoms with Crippen molar-refractivity contribution in [3.8, 4) is 17.5 Å². The van der Waals surface area contributed by atoms with Gasteiger partial charge in [-0.25, -0.2) is 4.98 Å². The maximum atomic E-state index is 9.75. The molecular formula is C19H22N6OS. The Morgan fingerprint density at radius 3 is 2.89 bits per heavy atom. The van der Waals surface area contributed by atoms with Gasteiger partial charge in [0.25, 0.3) is 0 Å². The minimum absolute atomic E-state index is 0.228. The fourth-order valence-corrected chi connectivity index (χ4v) is 4.37. The summed E-state index contributed by atoms with van der Waals surface area (Å²) in [4.78, 5) is 7.21. The number of aromatic amines is 1. The van der Waals surface area contributed by atoms with E-state index >= 15 is 0 Å². The number of nitriles is 1. The van der Waals surface area contributed by atoms with Crippen molar-refractivity contribution >= 4 is 27.6 Å². The first-order valence-electron chi connectivity index (χ1n) is 8.99. The number of aromatic nitrogens is 4. The van der Waals surface area contributed by atoms with Crippen LogP contribution in [0.4, 0.5) is 5.82 Å². The molecule has 3 aromatic rings. The lowest BCUT2D eigenvalue weighted by Crippen LogP contribution is -2.44. The van der Waals surface area contributed by atoms with E-state index in [-0.39, 0.29) is 6.04 Å². The van der Waals surface area contributed by atoms with Crippen LogP contribution < -0.4 is 4.90 Å². The summed E-state index contributed by atoms with van der Waals surface area (Å²) in [5.74, 6) is 0.870. The number of rotatable bonds is 3.